The van der Waals surface area contributed by atoms with Crippen LogP contribution in [0.25, 0.3) is 22.3 Å². The second-order valence-electron chi connectivity index (χ2n) is 10.5. The summed E-state index contributed by atoms with van der Waals surface area (Å²) in [5.74, 6) is -1.83. The first kappa shape index (κ1) is 25.6. The quantitative estimate of drug-likeness (QED) is 0.210. The number of alkyl halides is 3. The fraction of sp³-hybridized carbons (Fsp3) is 0.114. The lowest BCUT2D eigenvalue weighted by atomic mass is 9.81. The van der Waals surface area contributed by atoms with Gasteiger partial charge in [0.05, 0.1) is 0 Å². The first-order valence-electron chi connectivity index (χ1n) is 13.1. The number of rotatable bonds is 5. The lowest BCUT2D eigenvalue weighted by Gasteiger charge is -2.28. The van der Waals surface area contributed by atoms with Crippen molar-refractivity contribution in [2.24, 2.45) is 0 Å². The number of benzene rings is 5. The Morgan fingerprint density at radius 2 is 1.10 bits per heavy atom. The smallest absolute Gasteiger partial charge is 0.310 e. The van der Waals surface area contributed by atoms with Gasteiger partial charge in [-0.1, -0.05) is 92.7 Å². The van der Waals surface area contributed by atoms with E-state index < -0.39 is 12.0 Å². The molecular formula is C35H26F3NO. The third-order valence-electron chi connectivity index (χ3n) is 7.68. The summed E-state index contributed by atoms with van der Waals surface area (Å²) in [7, 11) is 0. The van der Waals surface area contributed by atoms with Gasteiger partial charge in [-0.2, -0.15) is 13.2 Å². The van der Waals surface area contributed by atoms with E-state index in [9.17, 15) is 18.0 Å². The highest BCUT2D eigenvalue weighted by atomic mass is 19.4. The molecule has 2 nitrogen and oxygen atoms in total. The Kier molecular flexibility index (Phi) is 6.10. The van der Waals surface area contributed by atoms with E-state index in [1.807, 2.05) is 42.5 Å². The minimum atomic E-state index is -4.89. The number of para-hydroxylation sites is 2. The summed E-state index contributed by atoms with van der Waals surface area (Å²) in [4.78, 5) is 13.9. The monoisotopic (exact) mass is 533 g/mol. The molecule has 0 fully saturated rings. The number of nitrogens with zero attached hydrogens (tertiary/aromatic N) is 1. The molecule has 0 spiro atoms. The summed E-state index contributed by atoms with van der Waals surface area (Å²) < 4.78 is 38.5. The molecule has 1 aliphatic rings. The van der Waals surface area contributed by atoms with Crippen LogP contribution in [0.15, 0.2) is 121 Å². The fourth-order valence-electron chi connectivity index (χ4n) is 5.62. The molecule has 6 rings (SSSR count). The minimum absolute atomic E-state index is 0.304. The highest BCUT2D eigenvalue weighted by molar-refractivity contribution is 6.00. The van der Waals surface area contributed by atoms with E-state index in [1.54, 1.807) is 12.1 Å². The van der Waals surface area contributed by atoms with Gasteiger partial charge in [0.2, 0.25) is 0 Å². The maximum atomic E-state index is 12.8. The van der Waals surface area contributed by atoms with Crippen LogP contribution in [-0.2, 0) is 5.41 Å². The molecule has 5 aromatic rings. The average molecular weight is 534 g/mol. The summed E-state index contributed by atoms with van der Waals surface area (Å²) in [6, 6.07) is 38.9. The van der Waals surface area contributed by atoms with Crippen LogP contribution in [0.5, 0.6) is 0 Å². The van der Waals surface area contributed by atoms with E-state index in [1.165, 1.54) is 23.3 Å². The topological polar surface area (TPSA) is 20.3 Å². The van der Waals surface area contributed by atoms with E-state index in [4.69, 9.17) is 0 Å². The van der Waals surface area contributed by atoms with Crippen molar-refractivity contribution in [1.29, 1.82) is 0 Å². The zero-order chi connectivity index (χ0) is 28.1. The van der Waals surface area contributed by atoms with Crippen molar-refractivity contribution in [3.8, 4) is 22.3 Å². The summed E-state index contributed by atoms with van der Waals surface area (Å²) in [5, 5.41) is 0. The van der Waals surface area contributed by atoms with Crippen molar-refractivity contribution in [2.75, 3.05) is 4.90 Å². The van der Waals surface area contributed by atoms with E-state index in [2.05, 4.69) is 73.3 Å². The SMILES string of the molecule is CC1(C)c2cc(-c3ccc(C(=O)C(F)(F)F)cc3)ccc2-c2ccc(N(c3ccccc3)c3ccccc3)cc21. The normalized spacial score (nSPS) is 13.4. The summed E-state index contributed by atoms with van der Waals surface area (Å²) >= 11 is 0. The second-order valence-corrected chi connectivity index (χ2v) is 10.5. The van der Waals surface area contributed by atoms with Crippen molar-refractivity contribution in [1.82, 2.24) is 0 Å². The number of carbonyl (C=O) groups is 1. The van der Waals surface area contributed by atoms with E-state index in [-0.39, 0.29) is 11.0 Å². The molecule has 0 N–H and O–H groups in total. The number of anilines is 3. The fourth-order valence-corrected chi connectivity index (χ4v) is 5.62. The highest BCUT2D eigenvalue weighted by Crippen LogP contribution is 2.51. The largest absolute Gasteiger partial charge is 0.454 e. The number of carbonyl (C=O) groups excluding carboxylic acids is 1. The zero-order valence-corrected chi connectivity index (χ0v) is 22.0. The van der Waals surface area contributed by atoms with Gasteiger partial charge in [-0.25, -0.2) is 0 Å². The molecular weight excluding hydrogens is 507 g/mol. The Labute approximate surface area is 231 Å². The lowest BCUT2D eigenvalue weighted by Crippen LogP contribution is -2.22. The van der Waals surface area contributed by atoms with Gasteiger partial charge in [-0.05, 0) is 75.8 Å². The summed E-state index contributed by atoms with van der Waals surface area (Å²) in [6.07, 6.45) is -4.89. The van der Waals surface area contributed by atoms with Gasteiger partial charge >= 0.3 is 6.18 Å². The molecule has 0 radical (unpaired) electrons. The second kappa shape index (κ2) is 9.53. The third kappa shape index (κ3) is 4.37. The predicted octanol–water partition coefficient (Wildman–Crippen LogP) is 9.87. The Morgan fingerprint density at radius 1 is 0.600 bits per heavy atom. The van der Waals surface area contributed by atoms with Gasteiger partial charge in [0.25, 0.3) is 5.78 Å². The minimum Gasteiger partial charge on any atom is -0.310 e. The van der Waals surface area contributed by atoms with Crippen molar-refractivity contribution < 1.29 is 18.0 Å². The van der Waals surface area contributed by atoms with Gasteiger partial charge in [0.15, 0.2) is 0 Å². The number of ketones is 1. The molecule has 0 unspecified atom stereocenters. The Hall–Kier alpha value is -4.64. The average Bonchev–Trinajstić information content (AvgIpc) is 3.19. The van der Waals surface area contributed by atoms with E-state index >= 15 is 0 Å². The molecule has 5 aromatic carbocycles. The van der Waals surface area contributed by atoms with Crippen molar-refractivity contribution in [3.05, 3.63) is 138 Å². The van der Waals surface area contributed by atoms with E-state index in [0.29, 0.717) is 0 Å². The number of fused-ring (bicyclic) bond motifs is 3. The van der Waals surface area contributed by atoms with Crippen LogP contribution in [-0.4, -0.2) is 12.0 Å². The van der Waals surface area contributed by atoms with Gasteiger partial charge in [-0.3, -0.25) is 4.79 Å². The Morgan fingerprint density at radius 3 is 1.65 bits per heavy atom. The maximum absolute atomic E-state index is 12.8. The maximum Gasteiger partial charge on any atom is 0.454 e. The van der Waals surface area contributed by atoms with Crippen molar-refractivity contribution in [2.45, 2.75) is 25.4 Å². The van der Waals surface area contributed by atoms with Crippen LogP contribution >= 0.6 is 0 Å². The Balaban J connectivity index is 1.39. The molecule has 0 bridgehead atoms. The van der Waals surface area contributed by atoms with Gasteiger partial charge in [0.1, 0.15) is 0 Å². The summed E-state index contributed by atoms with van der Waals surface area (Å²) in [5.41, 5.74) is 8.84. The molecule has 0 saturated heterocycles. The highest BCUT2D eigenvalue weighted by Gasteiger charge is 2.39. The molecule has 0 atom stereocenters. The molecule has 1 aliphatic carbocycles. The number of Topliss-reactive ketones (excluding diaryl/α,β-unsaturated/α-hetero) is 1. The van der Waals surface area contributed by atoms with Crippen LogP contribution in [0, 0.1) is 0 Å². The third-order valence-corrected chi connectivity index (χ3v) is 7.68. The number of hydrogen-bond donors (Lipinski definition) is 0. The van der Waals surface area contributed by atoms with Crippen LogP contribution in [0.3, 0.4) is 0 Å². The Bertz CT molecular complexity index is 1670. The predicted molar refractivity (Wildman–Crippen MR) is 155 cm³/mol. The van der Waals surface area contributed by atoms with Gasteiger partial charge < -0.3 is 4.90 Å². The van der Waals surface area contributed by atoms with Crippen molar-refractivity contribution in [3.63, 3.8) is 0 Å². The molecule has 40 heavy (non-hydrogen) atoms. The van der Waals surface area contributed by atoms with Crippen LogP contribution in [0.2, 0.25) is 0 Å². The molecule has 0 aromatic heterocycles. The number of hydrogen-bond acceptors (Lipinski definition) is 2. The van der Waals surface area contributed by atoms with Gasteiger partial charge in [0, 0.05) is 28.0 Å². The number of halogens is 3. The van der Waals surface area contributed by atoms with E-state index in [0.717, 1.165) is 39.3 Å². The standard InChI is InChI=1S/C35H26F3NO/c1-34(2)31-21-25(23-13-15-24(16-14-23)33(40)35(36,37)38)17-19-29(31)30-20-18-28(22-32(30)34)39(26-9-5-3-6-10-26)27-11-7-4-8-12-27/h3-22H,1-2H3. The lowest BCUT2D eigenvalue weighted by molar-refractivity contribution is -0.0885. The van der Waals surface area contributed by atoms with Gasteiger partial charge in [-0.15, -0.1) is 0 Å². The first-order valence-corrected chi connectivity index (χ1v) is 13.1. The first-order chi connectivity index (χ1) is 19.1. The molecule has 0 saturated carbocycles. The molecule has 5 heteroatoms. The molecule has 198 valence electrons. The molecule has 0 heterocycles. The van der Waals surface area contributed by atoms with Crippen LogP contribution < -0.4 is 4.90 Å². The molecule has 0 amide bonds. The van der Waals surface area contributed by atoms with Crippen molar-refractivity contribution >= 4 is 22.8 Å². The zero-order valence-electron chi connectivity index (χ0n) is 22.0. The summed E-state index contributed by atoms with van der Waals surface area (Å²) in [6.45, 7) is 4.40. The van der Waals surface area contributed by atoms with Crippen LogP contribution in [0.1, 0.15) is 35.3 Å². The molecule has 0 aliphatic heterocycles. The van der Waals surface area contributed by atoms with Crippen LogP contribution in [0.4, 0.5) is 30.2 Å².